The largest absolute Gasteiger partial charge is 0.467 e. The normalized spacial score (nSPS) is 29.9. The maximum atomic E-state index is 14.3. The number of halogens is 2. The second-order valence-corrected chi connectivity index (χ2v) is 12.5. The van der Waals surface area contributed by atoms with Crippen LogP contribution in [0.1, 0.15) is 58.6 Å². The molecule has 5 atom stereocenters. The van der Waals surface area contributed by atoms with Crippen LogP contribution in [0.25, 0.3) is 0 Å². The number of hydrogen-bond donors (Lipinski definition) is 0. The summed E-state index contributed by atoms with van der Waals surface area (Å²) in [7, 11) is 1.38. The lowest BCUT2D eigenvalue weighted by Crippen LogP contribution is -2.51. The van der Waals surface area contributed by atoms with Crippen LogP contribution in [0.4, 0.5) is 0 Å². The maximum absolute atomic E-state index is 14.3. The minimum absolute atomic E-state index is 0.0138. The lowest BCUT2D eigenvalue weighted by Gasteiger charge is -2.45. The molecule has 1 unspecified atom stereocenters. The first-order valence-electron chi connectivity index (χ1n) is 13.4. The molecular formula is C29H34Cl2N4O3S. The van der Waals surface area contributed by atoms with E-state index in [0.29, 0.717) is 16.3 Å². The van der Waals surface area contributed by atoms with Crippen molar-refractivity contribution in [3.05, 3.63) is 69.9 Å². The molecule has 1 aromatic carbocycles. The number of ether oxygens (including phenoxy) is 1. The van der Waals surface area contributed by atoms with Crippen molar-refractivity contribution in [1.29, 1.82) is 0 Å². The smallest absolute Gasteiger partial charge is 0.328 e. The fraction of sp³-hybridized carbons (Fsp3) is 0.483. The number of alkyl halides is 1. The molecule has 10 heteroatoms. The lowest BCUT2D eigenvalue weighted by molar-refractivity contribution is -0.150. The zero-order chi connectivity index (χ0) is 28.1. The van der Waals surface area contributed by atoms with Crippen LogP contribution in [0.2, 0.25) is 5.02 Å². The summed E-state index contributed by atoms with van der Waals surface area (Å²) >= 11 is 14.5. The number of allylic oxidation sites excluding steroid dienone is 3. The first-order valence-corrected chi connectivity index (χ1v) is 15.0. The summed E-state index contributed by atoms with van der Waals surface area (Å²) in [5.74, 6) is -0.478. The Bertz CT molecular complexity index is 1280. The van der Waals surface area contributed by atoms with Gasteiger partial charge in [0, 0.05) is 23.0 Å². The number of methoxy groups -OCH3 is 1. The van der Waals surface area contributed by atoms with E-state index in [1.807, 2.05) is 48.7 Å². The summed E-state index contributed by atoms with van der Waals surface area (Å²) in [5.41, 5.74) is 0.778. The average molecular weight is 590 g/mol. The van der Waals surface area contributed by atoms with Crippen LogP contribution < -0.4 is 0 Å². The van der Waals surface area contributed by atoms with Crippen LogP contribution in [-0.4, -0.2) is 62.1 Å². The Morgan fingerprint density at radius 3 is 2.54 bits per heavy atom. The molecule has 4 aliphatic rings. The van der Waals surface area contributed by atoms with E-state index >= 15 is 0 Å². The fourth-order valence-corrected chi connectivity index (χ4v) is 8.00. The quantitative estimate of drug-likeness (QED) is 0.221. The van der Waals surface area contributed by atoms with Gasteiger partial charge in [-0.15, -0.1) is 0 Å². The molecule has 0 bridgehead atoms. The predicted molar refractivity (Wildman–Crippen MR) is 157 cm³/mol. The number of amidine groups is 1. The molecule has 0 spiro atoms. The third kappa shape index (κ3) is 4.68. The fourth-order valence-electron chi connectivity index (χ4n) is 6.18. The SMILES string of the molecule is CC[C@@H]1CC[C@@H](C(=O)OC)N1C(=O)C1=C(C(C)C)N2C(=N[C@@](C)(N3C=CC=CC3Cl)[C@H]2c2ccc(Cl)cc2)S1. The maximum Gasteiger partial charge on any atom is 0.328 e. The number of rotatable bonds is 6. The van der Waals surface area contributed by atoms with Crippen molar-refractivity contribution in [3.8, 4) is 0 Å². The van der Waals surface area contributed by atoms with Gasteiger partial charge in [0.25, 0.3) is 5.91 Å². The van der Waals surface area contributed by atoms with Crippen molar-refractivity contribution < 1.29 is 14.3 Å². The Morgan fingerprint density at radius 1 is 1.21 bits per heavy atom. The van der Waals surface area contributed by atoms with Gasteiger partial charge < -0.3 is 19.4 Å². The molecule has 1 aromatic rings. The molecule has 0 aliphatic carbocycles. The van der Waals surface area contributed by atoms with Gasteiger partial charge in [0.2, 0.25) is 0 Å². The van der Waals surface area contributed by atoms with E-state index in [9.17, 15) is 9.59 Å². The molecule has 0 radical (unpaired) electrons. The second kappa shape index (κ2) is 10.9. The van der Waals surface area contributed by atoms with Crippen LogP contribution in [-0.2, 0) is 14.3 Å². The number of benzene rings is 1. The third-order valence-corrected chi connectivity index (χ3v) is 9.68. The van der Waals surface area contributed by atoms with E-state index in [1.54, 1.807) is 4.90 Å². The van der Waals surface area contributed by atoms with Crippen LogP contribution >= 0.6 is 35.0 Å². The monoisotopic (exact) mass is 588 g/mol. The highest BCUT2D eigenvalue weighted by Crippen LogP contribution is 2.55. The molecule has 5 rings (SSSR count). The highest BCUT2D eigenvalue weighted by Gasteiger charge is 2.56. The van der Waals surface area contributed by atoms with E-state index in [0.717, 1.165) is 29.3 Å². The number of aliphatic imine (C=N–C) groups is 1. The Hall–Kier alpha value is -2.42. The molecule has 4 aliphatic heterocycles. The van der Waals surface area contributed by atoms with Crippen molar-refractivity contribution in [2.75, 3.05) is 7.11 Å². The third-order valence-electron chi connectivity index (χ3n) is 8.01. The van der Waals surface area contributed by atoms with Gasteiger partial charge in [-0.3, -0.25) is 4.79 Å². The van der Waals surface area contributed by atoms with Crippen molar-refractivity contribution in [2.45, 2.75) is 76.2 Å². The molecule has 0 saturated carbocycles. The number of carbonyl (C=O) groups is 2. The first kappa shape index (κ1) is 28.1. The highest BCUT2D eigenvalue weighted by molar-refractivity contribution is 8.18. The minimum atomic E-state index is -0.757. The number of esters is 1. The van der Waals surface area contributed by atoms with Gasteiger partial charge in [-0.2, -0.15) is 0 Å². The number of carbonyl (C=O) groups excluding carboxylic acids is 2. The zero-order valence-electron chi connectivity index (χ0n) is 22.8. The highest BCUT2D eigenvalue weighted by atomic mass is 35.5. The van der Waals surface area contributed by atoms with E-state index in [-0.39, 0.29) is 35.4 Å². The van der Waals surface area contributed by atoms with Crippen LogP contribution in [0, 0.1) is 5.92 Å². The Balaban J connectivity index is 1.62. The van der Waals surface area contributed by atoms with Crippen molar-refractivity contribution in [3.63, 3.8) is 0 Å². The summed E-state index contributed by atoms with van der Waals surface area (Å²) in [6.07, 6.45) is 9.95. The zero-order valence-corrected chi connectivity index (χ0v) is 25.1. The lowest BCUT2D eigenvalue weighted by atomic mass is 9.91. The molecule has 1 fully saturated rings. The second-order valence-electron chi connectivity index (χ2n) is 10.7. The number of nitrogens with zero attached hydrogens (tertiary/aromatic N) is 4. The molecule has 0 N–H and O–H groups in total. The molecule has 0 aromatic heterocycles. The molecule has 39 heavy (non-hydrogen) atoms. The van der Waals surface area contributed by atoms with Crippen LogP contribution in [0.15, 0.2) is 64.3 Å². The molecule has 7 nitrogen and oxygen atoms in total. The van der Waals surface area contributed by atoms with Gasteiger partial charge in [0.05, 0.1) is 7.11 Å². The Labute approximate surface area is 244 Å². The molecular weight excluding hydrogens is 555 g/mol. The first-order chi connectivity index (χ1) is 18.6. The van der Waals surface area contributed by atoms with Gasteiger partial charge in [0.15, 0.2) is 10.8 Å². The molecule has 1 saturated heterocycles. The Morgan fingerprint density at radius 2 is 1.92 bits per heavy atom. The summed E-state index contributed by atoms with van der Waals surface area (Å²) in [6, 6.07) is 6.93. The molecule has 4 heterocycles. The predicted octanol–water partition coefficient (Wildman–Crippen LogP) is 6.28. The summed E-state index contributed by atoms with van der Waals surface area (Å²) < 4.78 is 5.08. The topological polar surface area (TPSA) is 65.5 Å². The number of amides is 1. The van der Waals surface area contributed by atoms with Gasteiger partial charge in [-0.1, -0.05) is 62.2 Å². The molecule has 1 amide bonds. The van der Waals surface area contributed by atoms with Gasteiger partial charge in [-0.05, 0) is 73.7 Å². The van der Waals surface area contributed by atoms with Crippen molar-refractivity contribution in [2.24, 2.45) is 10.9 Å². The van der Waals surface area contributed by atoms with E-state index < -0.39 is 11.7 Å². The summed E-state index contributed by atoms with van der Waals surface area (Å²) in [6.45, 7) is 8.32. The van der Waals surface area contributed by atoms with Gasteiger partial charge in [0.1, 0.15) is 22.5 Å². The van der Waals surface area contributed by atoms with E-state index in [1.165, 1.54) is 18.9 Å². The van der Waals surface area contributed by atoms with Gasteiger partial charge in [-0.25, -0.2) is 9.79 Å². The van der Waals surface area contributed by atoms with Crippen LogP contribution in [0.5, 0.6) is 0 Å². The molecule has 208 valence electrons. The van der Waals surface area contributed by atoms with E-state index in [2.05, 4.69) is 37.5 Å². The summed E-state index contributed by atoms with van der Waals surface area (Å²) in [5, 5.41) is 1.40. The van der Waals surface area contributed by atoms with Crippen molar-refractivity contribution in [1.82, 2.24) is 14.7 Å². The van der Waals surface area contributed by atoms with Crippen LogP contribution in [0.3, 0.4) is 0 Å². The van der Waals surface area contributed by atoms with Crippen molar-refractivity contribution >= 4 is 52.0 Å². The minimum Gasteiger partial charge on any atom is -0.467 e. The number of fused-ring (bicyclic) bond motifs is 1. The van der Waals surface area contributed by atoms with E-state index in [4.69, 9.17) is 32.9 Å². The van der Waals surface area contributed by atoms with Gasteiger partial charge >= 0.3 is 5.97 Å². The average Bonchev–Trinajstić information content (AvgIpc) is 3.58. The Kier molecular flexibility index (Phi) is 7.83. The number of likely N-dealkylation sites (tertiary alicyclic amines) is 1. The standard InChI is InChI=1S/C29H34Cl2N4O3S/c1-6-20-14-15-21(27(37)38-5)34(20)26(36)24-23(17(2)3)35-25(18-10-12-19(30)13-11-18)29(4,32-28(35)39-24)33-16-8-7-9-22(33)31/h7-13,16-17,20-22,25H,6,14-15H2,1-5H3/t20-,21+,22?,25-,29+/m1/s1. The number of thioether (sulfide) groups is 1. The number of hydrogen-bond acceptors (Lipinski definition) is 7. The summed E-state index contributed by atoms with van der Waals surface area (Å²) in [4.78, 5) is 38.8.